The van der Waals surface area contributed by atoms with Crippen LogP contribution in [0, 0.1) is 5.82 Å². The molecule has 1 atom stereocenters. The number of fused-ring (bicyclic) bond motifs is 1. The molecule has 1 heterocycles. The van der Waals surface area contributed by atoms with Gasteiger partial charge in [-0.25, -0.2) is 12.8 Å². The molecular weight excluding hydrogens is 313 g/mol. The van der Waals surface area contributed by atoms with E-state index >= 15 is 0 Å². The summed E-state index contributed by atoms with van der Waals surface area (Å²) in [5, 5.41) is 3.49. The second-order valence-electron chi connectivity index (χ2n) is 4.97. The molecule has 6 heteroatoms. The Morgan fingerprint density at radius 2 is 1.95 bits per heavy atom. The van der Waals surface area contributed by atoms with Crippen LogP contribution in [0.15, 0.2) is 47.4 Å². The van der Waals surface area contributed by atoms with Crippen LogP contribution >= 0.6 is 11.6 Å². The zero-order valence-corrected chi connectivity index (χ0v) is 12.6. The maximum absolute atomic E-state index is 13.1. The van der Waals surface area contributed by atoms with Crippen molar-refractivity contribution in [2.75, 3.05) is 11.1 Å². The minimum Gasteiger partial charge on any atom is -0.377 e. The number of anilines is 1. The molecule has 0 aliphatic carbocycles. The Kier molecular flexibility index (Phi) is 3.63. The van der Waals surface area contributed by atoms with E-state index < -0.39 is 15.7 Å². The van der Waals surface area contributed by atoms with Crippen molar-refractivity contribution >= 4 is 27.1 Å². The van der Waals surface area contributed by atoms with E-state index in [1.54, 1.807) is 30.3 Å². The molecule has 1 N–H and O–H groups in total. The number of hydrogen-bond acceptors (Lipinski definition) is 3. The molecule has 0 aromatic heterocycles. The molecule has 0 amide bonds. The van der Waals surface area contributed by atoms with Gasteiger partial charge in [-0.3, -0.25) is 0 Å². The summed E-state index contributed by atoms with van der Waals surface area (Å²) in [5.74, 6) is -0.322. The molecule has 3 nitrogen and oxygen atoms in total. The number of halogens is 2. The molecule has 0 fully saturated rings. The van der Waals surface area contributed by atoms with Crippen LogP contribution in [0.1, 0.15) is 18.0 Å². The maximum Gasteiger partial charge on any atom is 0.178 e. The van der Waals surface area contributed by atoms with Crippen LogP contribution in [-0.4, -0.2) is 14.2 Å². The van der Waals surface area contributed by atoms with Crippen LogP contribution in [0.5, 0.6) is 0 Å². The molecule has 3 rings (SSSR count). The fraction of sp³-hybridized carbons (Fsp3) is 0.200. The van der Waals surface area contributed by atoms with Gasteiger partial charge in [-0.05, 0) is 36.2 Å². The normalized spacial score (nSPS) is 19.8. The average molecular weight is 326 g/mol. The van der Waals surface area contributed by atoms with Crippen LogP contribution in [-0.2, 0) is 9.84 Å². The third-order valence-electron chi connectivity index (χ3n) is 3.57. The highest BCUT2D eigenvalue weighted by atomic mass is 35.5. The van der Waals surface area contributed by atoms with Gasteiger partial charge in [0.1, 0.15) is 5.82 Å². The molecule has 1 unspecified atom stereocenters. The van der Waals surface area contributed by atoms with Crippen molar-refractivity contribution in [2.24, 2.45) is 0 Å². The van der Waals surface area contributed by atoms with Crippen molar-refractivity contribution in [1.82, 2.24) is 0 Å². The lowest BCUT2D eigenvalue weighted by molar-refractivity contribution is 0.576. The van der Waals surface area contributed by atoms with E-state index in [-0.39, 0.29) is 16.8 Å². The standard InChI is InChI=1S/C15H13ClFNO2S/c16-12-9-10(17)5-6-14(12)18-13-7-8-21(19,20)15-4-2-1-3-11(13)15/h1-6,9,13,18H,7-8H2. The van der Waals surface area contributed by atoms with Crippen LogP contribution in [0.2, 0.25) is 5.02 Å². The Morgan fingerprint density at radius 1 is 1.19 bits per heavy atom. The molecule has 2 aromatic rings. The number of nitrogens with one attached hydrogen (secondary N) is 1. The molecule has 0 saturated carbocycles. The van der Waals surface area contributed by atoms with E-state index in [0.29, 0.717) is 17.0 Å². The summed E-state index contributed by atoms with van der Waals surface area (Å²) in [5.41, 5.74) is 1.32. The lowest BCUT2D eigenvalue weighted by atomic mass is 10.0. The number of rotatable bonds is 2. The Bertz CT molecular complexity index is 792. The molecule has 1 aliphatic rings. The van der Waals surface area contributed by atoms with Gasteiger partial charge in [0, 0.05) is 0 Å². The topological polar surface area (TPSA) is 46.2 Å². The molecule has 0 bridgehead atoms. The lowest BCUT2D eigenvalue weighted by Gasteiger charge is -2.27. The molecule has 1 aliphatic heterocycles. The van der Waals surface area contributed by atoms with E-state index in [9.17, 15) is 12.8 Å². The molecule has 21 heavy (non-hydrogen) atoms. The number of hydrogen-bond donors (Lipinski definition) is 1. The van der Waals surface area contributed by atoms with E-state index in [4.69, 9.17) is 11.6 Å². The second kappa shape index (κ2) is 5.31. The maximum atomic E-state index is 13.1. The van der Waals surface area contributed by atoms with Gasteiger partial charge in [-0.2, -0.15) is 0 Å². The first kappa shape index (κ1) is 14.4. The van der Waals surface area contributed by atoms with Crippen molar-refractivity contribution in [3.63, 3.8) is 0 Å². The van der Waals surface area contributed by atoms with E-state index in [1.165, 1.54) is 12.1 Å². The van der Waals surface area contributed by atoms with Gasteiger partial charge in [-0.15, -0.1) is 0 Å². The highest BCUT2D eigenvalue weighted by Gasteiger charge is 2.30. The van der Waals surface area contributed by atoms with E-state index in [2.05, 4.69) is 5.32 Å². The third kappa shape index (κ3) is 2.76. The average Bonchev–Trinajstić information content (AvgIpc) is 2.45. The lowest BCUT2D eigenvalue weighted by Crippen LogP contribution is -2.24. The molecular formula is C15H13ClFNO2S. The molecule has 0 radical (unpaired) electrons. The van der Waals surface area contributed by atoms with Gasteiger partial charge in [0.15, 0.2) is 9.84 Å². The summed E-state index contributed by atoms with van der Waals surface area (Å²) in [6.07, 6.45) is 0.451. The van der Waals surface area contributed by atoms with Gasteiger partial charge < -0.3 is 5.32 Å². The molecule has 0 spiro atoms. The number of benzene rings is 2. The summed E-state index contributed by atoms with van der Waals surface area (Å²) in [7, 11) is -3.22. The minimum absolute atomic E-state index is 0.0838. The van der Waals surface area contributed by atoms with Crippen molar-refractivity contribution in [2.45, 2.75) is 17.4 Å². The van der Waals surface area contributed by atoms with E-state index in [1.807, 2.05) is 0 Å². The first-order chi connectivity index (χ1) is 9.97. The highest BCUT2D eigenvalue weighted by molar-refractivity contribution is 7.91. The summed E-state index contributed by atoms with van der Waals surface area (Å²) >= 11 is 6.01. The van der Waals surface area contributed by atoms with Gasteiger partial charge >= 0.3 is 0 Å². The number of sulfone groups is 1. The van der Waals surface area contributed by atoms with Gasteiger partial charge in [0.05, 0.1) is 27.4 Å². The van der Waals surface area contributed by atoms with E-state index in [0.717, 1.165) is 5.56 Å². The van der Waals surface area contributed by atoms with Crippen molar-refractivity contribution < 1.29 is 12.8 Å². The fourth-order valence-electron chi connectivity index (χ4n) is 2.53. The largest absolute Gasteiger partial charge is 0.377 e. The Balaban J connectivity index is 1.97. The zero-order valence-electron chi connectivity index (χ0n) is 11.0. The molecule has 0 saturated heterocycles. The van der Waals surface area contributed by atoms with Crippen molar-refractivity contribution in [3.05, 3.63) is 58.9 Å². The Morgan fingerprint density at radius 3 is 2.71 bits per heavy atom. The summed E-state index contributed by atoms with van der Waals surface area (Å²) in [4.78, 5) is 0.354. The van der Waals surface area contributed by atoms with Gasteiger partial charge in [0.2, 0.25) is 0 Å². The monoisotopic (exact) mass is 325 g/mol. The first-order valence-electron chi connectivity index (χ1n) is 6.51. The van der Waals surface area contributed by atoms with Crippen molar-refractivity contribution in [1.29, 1.82) is 0 Å². The predicted molar refractivity (Wildman–Crippen MR) is 80.9 cm³/mol. The fourth-order valence-corrected chi connectivity index (χ4v) is 4.38. The summed E-state index contributed by atoms with van der Waals surface area (Å²) in [6, 6.07) is 10.9. The van der Waals surface area contributed by atoms with Crippen LogP contribution in [0.25, 0.3) is 0 Å². The summed E-state index contributed by atoms with van der Waals surface area (Å²) in [6.45, 7) is 0. The summed E-state index contributed by atoms with van der Waals surface area (Å²) < 4.78 is 37.2. The molecule has 2 aromatic carbocycles. The Labute approximate surface area is 127 Å². The van der Waals surface area contributed by atoms with Crippen LogP contribution in [0.3, 0.4) is 0 Å². The minimum atomic E-state index is -3.22. The smallest absolute Gasteiger partial charge is 0.178 e. The zero-order chi connectivity index (χ0) is 15.0. The van der Waals surface area contributed by atoms with Crippen LogP contribution < -0.4 is 5.32 Å². The third-order valence-corrected chi connectivity index (χ3v) is 5.69. The highest BCUT2D eigenvalue weighted by Crippen LogP contribution is 2.35. The van der Waals surface area contributed by atoms with Gasteiger partial charge in [-0.1, -0.05) is 29.8 Å². The van der Waals surface area contributed by atoms with Crippen LogP contribution in [0.4, 0.5) is 10.1 Å². The second-order valence-corrected chi connectivity index (χ2v) is 7.45. The SMILES string of the molecule is O=S1(=O)CCC(Nc2ccc(F)cc2Cl)c2ccccc21. The predicted octanol–water partition coefficient (Wildman–Crippen LogP) is 3.81. The Hall–Kier alpha value is -1.59. The molecule has 110 valence electrons. The first-order valence-corrected chi connectivity index (χ1v) is 8.54. The quantitative estimate of drug-likeness (QED) is 0.913. The van der Waals surface area contributed by atoms with Crippen molar-refractivity contribution in [3.8, 4) is 0 Å². The van der Waals surface area contributed by atoms with Gasteiger partial charge in [0.25, 0.3) is 0 Å².